The summed E-state index contributed by atoms with van der Waals surface area (Å²) in [5, 5.41) is 40.8. The van der Waals surface area contributed by atoms with Crippen molar-refractivity contribution in [2.45, 2.75) is 19.0 Å². The predicted octanol–water partition coefficient (Wildman–Crippen LogP) is 2.36. The number of nitrogens with zero attached hydrogens (tertiary/aromatic N) is 5. The Morgan fingerprint density at radius 1 is 1.33 bits per heavy atom. The number of hydrogen-bond acceptors (Lipinski definition) is 8. The van der Waals surface area contributed by atoms with Gasteiger partial charge < -0.3 is 15.5 Å². The fourth-order valence-corrected chi connectivity index (χ4v) is 3.28. The summed E-state index contributed by atoms with van der Waals surface area (Å²) < 4.78 is 1.74. The minimum absolute atomic E-state index is 0.0290. The molecule has 3 rings (SSSR count). The molecule has 3 N–H and O–H groups in total. The number of anilines is 1. The monoisotopic (exact) mass is 389 g/mol. The van der Waals surface area contributed by atoms with Crippen LogP contribution in [0.2, 0.25) is 0 Å². The van der Waals surface area contributed by atoms with Crippen molar-refractivity contribution in [3.05, 3.63) is 34.8 Å². The quantitative estimate of drug-likeness (QED) is 0.427. The van der Waals surface area contributed by atoms with Gasteiger partial charge in [-0.1, -0.05) is 11.8 Å². The fourth-order valence-electron chi connectivity index (χ4n) is 2.76. The molecule has 142 valence electrons. The third-order valence-electron chi connectivity index (χ3n) is 4.00. The Morgan fingerprint density at radius 3 is 2.63 bits per heavy atom. The lowest BCUT2D eigenvalue weighted by atomic mass is 10.00. The summed E-state index contributed by atoms with van der Waals surface area (Å²) in [5.41, 5.74) is 3.78. The van der Waals surface area contributed by atoms with Crippen molar-refractivity contribution in [3.8, 4) is 22.5 Å². The largest absolute Gasteiger partial charge is 0.733 e. The SMILES string of the molecule is Cc1nn(C)c(C)c1-c1cc(-c2nc(SCC(=O)O)n[nH]2)cc(N([O-])O)c1. The fraction of sp³-hybridized carbons (Fsp3) is 0.250. The number of carbonyl (C=O) groups is 1. The summed E-state index contributed by atoms with van der Waals surface area (Å²) in [4.78, 5) is 14.9. The second-order valence-electron chi connectivity index (χ2n) is 5.86. The van der Waals surface area contributed by atoms with Crippen molar-refractivity contribution in [1.29, 1.82) is 0 Å². The average Bonchev–Trinajstić information content (AvgIpc) is 3.17. The number of aryl methyl sites for hydroxylation is 2. The number of hydrogen-bond donors (Lipinski definition) is 3. The molecule has 0 fully saturated rings. The molecule has 0 aliphatic carbocycles. The van der Waals surface area contributed by atoms with E-state index in [1.807, 2.05) is 20.9 Å². The molecule has 27 heavy (non-hydrogen) atoms. The smallest absolute Gasteiger partial charge is 0.313 e. The Balaban J connectivity index is 2.06. The van der Waals surface area contributed by atoms with Crippen LogP contribution in [-0.4, -0.2) is 47.0 Å². The van der Waals surface area contributed by atoms with Gasteiger partial charge in [0.2, 0.25) is 5.16 Å². The highest BCUT2D eigenvalue weighted by atomic mass is 32.2. The molecule has 0 saturated heterocycles. The molecule has 0 radical (unpaired) electrons. The number of aromatic amines is 1. The molecule has 0 saturated carbocycles. The maximum absolute atomic E-state index is 11.5. The topological polar surface area (TPSA) is 143 Å². The molecule has 0 aliphatic heterocycles. The zero-order valence-electron chi connectivity index (χ0n) is 14.8. The van der Waals surface area contributed by atoms with Gasteiger partial charge in [-0.25, -0.2) is 4.98 Å². The van der Waals surface area contributed by atoms with Crippen LogP contribution in [0.25, 0.3) is 22.5 Å². The van der Waals surface area contributed by atoms with E-state index >= 15 is 0 Å². The molecule has 0 atom stereocenters. The van der Waals surface area contributed by atoms with Crippen LogP contribution in [0.15, 0.2) is 23.4 Å². The van der Waals surface area contributed by atoms with E-state index in [0.29, 0.717) is 17.0 Å². The van der Waals surface area contributed by atoms with Gasteiger partial charge >= 0.3 is 5.97 Å². The van der Waals surface area contributed by atoms with Gasteiger partial charge in [0.15, 0.2) is 5.82 Å². The second kappa shape index (κ2) is 7.39. The van der Waals surface area contributed by atoms with E-state index in [0.717, 1.165) is 28.7 Å². The first-order valence-corrected chi connectivity index (χ1v) is 8.84. The number of H-pyrrole nitrogens is 1. The highest BCUT2D eigenvalue weighted by molar-refractivity contribution is 7.99. The summed E-state index contributed by atoms with van der Waals surface area (Å²) in [7, 11) is 1.82. The van der Waals surface area contributed by atoms with E-state index in [2.05, 4.69) is 20.3 Å². The van der Waals surface area contributed by atoms with Crippen molar-refractivity contribution >= 4 is 23.4 Å². The third-order valence-corrected chi connectivity index (χ3v) is 4.83. The number of aliphatic carboxylic acids is 1. The number of aromatic nitrogens is 5. The maximum Gasteiger partial charge on any atom is 0.313 e. The van der Waals surface area contributed by atoms with Crippen LogP contribution >= 0.6 is 11.8 Å². The van der Waals surface area contributed by atoms with Gasteiger partial charge in [-0.15, -0.1) is 5.10 Å². The van der Waals surface area contributed by atoms with E-state index in [1.165, 1.54) is 6.07 Å². The van der Waals surface area contributed by atoms with Crippen LogP contribution in [0, 0.1) is 19.1 Å². The zero-order chi connectivity index (χ0) is 19.7. The molecule has 3 aromatic rings. The van der Waals surface area contributed by atoms with E-state index in [4.69, 9.17) is 5.11 Å². The molecule has 1 aromatic carbocycles. The van der Waals surface area contributed by atoms with Gasteiger partial charge in [0.25, 0.3) is 0 Å². The Bertz CT molecular complexity index is 997. The summed E-state index contributed by atoms with van der Waals surface area (Å²) in [6, 6.07) is 4.82. The Hall–Kier alpha value is -2.89. The first kappa shape index (κ1) is 18.9. The molecule has 2 aromatic heterocycles. The van der Waals surface area contributed by atoms with Crippen LogP contribution in [-0.2, 0) is 11.8 Å². The van der Waals surface area contributed by atoms with Crippen LogP contribution in [0.3, 0.4) is 0 Å². The third kappa shape index (κ3) is 3.94. The number of nitrogens with one attached hydrogen (secondary N) is 1. The predicted molar refractivity (Wildman–Crippen MR) is 99.5 cm³/mol. The van der Waals surface area contributed by atoms with Crippen LogP contribution in [0.5, 0.6) is 0 Å². The molecule has 2 heterocycles. The molecule has 10 nitrogen and oxygen atoms in total. The average molecular weight is 389 g/mol. The highest BCUT2D eigenvalue weighted by Gasteiger charge is 2.16. The Labute approximate surface area is 158 Å². The van der Waals surface area contributed by atoms with E-state index < -0.39 is 5.97 Å². The van der Waals surface area contributed by atoms with E-state index in [9.17, 15) is 15.2 Å². The van der Waals surface area contributed by atoms with Crippen molar-refractivity contribution in [2.24, 2.45) is 7.05 Å². The molecule has 0 unspecified atom stereocenters. The second-order valence-corrected chi connectivity index (χ2v) is 6.80. The minimum Gasteiger partial charge on any atom is -0.733 e. The van der Waals surface area contributed by atoms with Gasteiger partial charge in [-0.2, -0.15) is 5.10 Å². The standard InChI is InChI=1S/C16H17N6O4S/c1-8-14(9(2)21(3)20-8)10-4-11(6-12(5-10)22(25)26)15-17-16(19-18-15)27-7-13(23)24/h4-6,25H,7H2,1-3H3,(H,23,24)(H,17,18,19)/q-1. The number of carboxylic acid groups (broad SMARTS) is 1. The van der Waals surface area contributed by atoms with Crippen molar-refractivity contribution in [1.82, 2.24) is 25.0 Å². The normalized spacial score (nSPS) is 11.0. The van der Waals surface area contributed by atoms with Gasteiger partial charge in [0, 0.05) is 23.9 Å². The van der Waals surface area contributed by atoms with Crippen LogP contribution in [0.4, 0.5) is 5.69 Å². The van der Waals surface area contributed by atoms with Crippen LogP contribution < -0.4 is 5.23 Å². The zero-order valence-corrected chi connectivity index (χ0v) is 15.6. The van der Waals surface area contributed by atoms with Gasteiger partial charge in [0.05, 0.1) is 17.1 Å². The number of thioether (sulfide) groups is 1. The van der Waals surface area contributed by atoms with E-state index in [-0.39, 0.29) is 21.8 Å². The molecule has 0 aliphatic rings. The maximum atomic E-state index is 11.5. The molecule has 11 heteroatoms. The lowest BCUT2D eigenvalue weighted by molar-refractivity contribution is -0.133. The van der Waals surface area contributed by atoms with Gasteiger partial charge in [-0.3, -0.25) is 19.8 Å². The molecule has 0 spiro atoms. The summed E-state index contributed by atoms with van der Waals surface area (Å²) in [5.74, 6) is -0.783. The number of carboxylic acids is 1. The lowest BCUT2D eigenvalue weighted by Crippen LogP contribution is -2.07. The number of rotatable bonds is 6. The summed E-state index contributed by atoms with van der Waals surface area (Å²) in [6.07, 6.45) is 0. The lowest BCUT2D eigenvalue weighted by Gasteiger charge is -2.23. The first-order valence-electron chi connectivity index (χ1n) is 7.85. The number of benzene rings is 1. The summed E-state index contributed by atoms with van der Waals surface area (Å²) >= 11 is 0.975. The first-order chi connectivity index (χ1) is 12.8. The summed E-state index contributed by atoms with van der Waals surface area (Å²) in [6.45, 7) is 3.77. The Kier molecular flexibility index (Phi) is 5.17. The van der Waals surface area contributed by atoms with Gasteiger partial charge in [0.1, 0.15) is 0 Å². The molecule has 0 bridgehead atoms. The van der Waals surface area contributed by atoms with Crippen molar-refractivity contribution in [3.63, 3.8) is 0 Å². The molecular formula is C16H17N6O4S-. The van der Waals surface area contributed by atoms with Crippen molar-refractivity contribution < 1.29 is 15.1 Å². The molecular weight excluding hydrogens is 372 g/mol. The highest BCUT2D eigenvalue weighted by Crippen LogP contribution is 2.33. The Morgan fingerprint density at radius 2 is 2.04 bits per heavy atom. The molecule has 0 amide bonds. The van der Waals surface area contributed by atoms with Gasteiger partial charge in [-0.05, 0) is 37.6 Å². The van der Waals surface area contributed by atoms with E-state index in [1.54, 1.807) is 16.8 Å². The minimum atomic E-state index is -0.972. The van der Waals surface area contributed by atoms with Crippen LogP contribution in [0.1, 0.15) is 11.4 Å². The van der Waals surface area contributed by atoms with Crippen molar-refractivity contribution in [2.75, 3.05) is 11.0 Å².